The molecule has 32 heavy (non-hydrogen) atoms. The molecule has 1 aromatic heterocycles. The summed E-state index contributed by atoms with van der Waals surface area (Å²) in [6.07, 6.45) is 4.74. The molecule has 0 spiro atoms. The number of hydrogen-bond donors (Lipinski definition) is 3. The highest BCUT2D eigenvalue weighted by atomic mass is 32.2. The Balaban J connectivity index is 1.47. The van der Waals surface area contributed by atoms with Crippen LogP contribution in [0.4, 0.5) is 5.69 Å². The molecule has 2 heterocycles. The van der Waals surface area contributed by atoms with Crippen molar-refractivity contribution in [3.8, 4) is 5.75 Å². The third-order valence-corrected chi connectivity index (χ3v) is 8.53. The molecule has 1 atom stereocenters. The van der Waals surface area contributed by atoms with Gasteiger partial charge in [0.25, 0.3) is 5.91 Å². The second-order valence-corrected chi connectivity index (χ2v) is 10.8. The van der Waals surface area contributed by atoms with Gasteiger partial charge in [-0.1, -0.05) is 19.1 Å². The Hall–Kier alpha value is -2.84. The summed E-state index contributed by atoms with van der Waals surface area (Å²) in [5.41, 5.74) is 3.79. The number of carbonyl (C=O) groups excluding carboxylic acids is 1. The average Bonchev–Trinajstić information content (AvgIpc) is 3.43. The molecule has 3 N–H and O–H groups in total. The van der Waals surface area contributed by atoms with Crippen LogP contribution in [0.1, 0.15) is 47.8 Å². The lowest BCUT2D eigenvalue weighted by molar-refractivity contribution is 0.102. The Morgan fingerprint density at radius 1 is 1.19 bits per heavy atom. The summed E-state index contributed by atoms with van der Waals surface area (Å²) < 4.78 is 27.2. The predicted molar refractivity (Wildman–Crippen MR) is 124 cm³/mol. The van der Waals surface area contributed by atoms with Crippen molar-refractivity contribution < 1.29 is 18.3 Å². The van der Waals surface area contributed by atoms with Gasteiger partial charge in [0.15, 0.2) is 0 Å². The highest BCUT2D eigenvalue weighted by Crippen LogP contribution is 2.34. The Labute approximate surface area is 187 Å². The van der Waals surface area contributed by atoms with Crippen LogP contribution in [0.3, 0.4) is 0 Å². The number of aromatic nitrogens is 1. The molecule has 1 unspecified atom stereocenters. The number of fused-ring (bicyclic) bond motifs is 3. The molecule has 8 heteroatoms. The maximum atomic E-state index is 13.2. The van der Waals surface area contributed by atoms with Gasteiger partial charge in [0, 0.05) is 24.2 Å². The van der Waals surface area contributed by atoms with Gasteiger partial charge in [0.2, 0.25) is 10.0 Å². The summed E-state index contributed by atoms with van der Waals surface area (Å²) in [4.78, 5) is 16.7. The minimum absolute atomic E-state index is 0.0648. The topological polar surface area (TPSA) is 102 Å². The van der Waals surface area contributed by atoms with Gasteiger partial charge in [0.1, 0.15) is 5.75 Å². The van der Waals surface area contributed by atoms with Crippen molar-refractivity contribution in [1.82, 2.24) is 9.29 Å². The van der Waals surface area contributed by atoms with E-state index in [0.717, 1.165) is 43.0 Å². The van der Waals surface area contributed by atoms with E-state index >= 15 is 0 Å². The molecule has 0 bridgehead atoms. The Morgan fingerprint density at radius 3 is 2.75 bits per heavy atom. The molecule has 2 aliphatic rings. The zero-order chi connectivity index (χ0) is 22.5. The second-order valence-electron chi connectivity index (χ2n) is 8.90. The molecule has 5 rings (SSSR count). The van der Waals surface area contributed by atoms with Crippen molar-refractivity contribution in [3.63, 3.8) is 0 Å². The fourth-order valence-corrected chi connectivity index (χ4v) is 6.39. The first-order valence-corrected chi connectivity index (χ1v) is 12.6. The van der Waals surface area contributed by atoms with Gasteiger partial charge in [-0.05, 0) is 67.9 Å². The molecular weight excluding hydrogens is 426 g/mol. The lowest BCUT2D eigenvalue weighted by Gasteiger charge is -2.18. The van der Waals surface area contributed by atoms with Gasteiger partial charge < -0.3 is 15.4 Å². The summed E-state index contributed by atoms with van der Waals surface area (Å²) in [5, 5.41) is 14.1. The minimum Gasteiger partial charge on any atom is -0.506 e. The van der Waals surface area contributed by atoms with Crippen LogP contribution in [0, 0.1) is 5.92 Å². The first kappa shape index (κ1) is 21.0. The third kappa shape index (κ3) is 3.57. The number of aromatic amines is 1. The highest BCUT2D eigenvalue weighted by molar-refractivity contribution is 7.89. The van der Waals surface area contributed by atoms with Crippen LogP contribution in [-0.2, 0) is 22.9 Å². The van der Waals surface area contributed by atoms with Crippen LogP contribution in [0.25, 0.3) is 10.9 Å². The van der Waals surface area contributed by atoms with Gasteiger partial charge in [-0.15, -0.1) is 0 Å². The van der Waals surface area contributed by atoms with E-state index in [2.05, 4.69) is 17.2 Å². The first-order valence-electron chi connectivity index (χ1n) is 11.1. The molecule has 0 saturated carbocycles. The molecule has 7 nitrogen and oxygen atoms in total. The maximum Gasteiger partial charge on any atom is 0.257 e. The van der Waals surface area contributed by atoms with E-state index in [9.17, 15) is 18.3 Å². The quantitative estimate of drug-likeness (QED) is 0.519. The van der Waals surface area contributed by atoms with Gasteiger partial charge in [-0.2, -0.15) is 4.31 Å². The van der Waals surface area contributed by atoms with E-state index in [1.807, 2.05) is 12.1 Å². The minimum atomic E-state index is -3.66. The smallest absolute Gasteiger partial charge is 0.257 e. The first-order chi connectivity index (χ1) is 15.3. The Bertz CT molecular complexity index is 1310. The van der Waals surface area contributed by atoms with Gasteiger partial charge in [0.05, 0.1) is 21.7 Å². The monoisotopic (exact) mass is 453 g/mol. The van der Waals surface area contributed by atoms with Gasteiger partial charge >= 0.3 is 0 Å². The number of benzene rings is 2. The van der Waals surface area contributed by atoms with E-state index in [1.165, 1.54) is 33.8 Å². The number of hydrogen-bond acceptors (Lipinski definition) is 4. The van der Waals surface area contributed by atoms with Crippen LogP contribution in [0.15, 0.2) is 41.3 Å². The molecular formula is C24H27N3O4S. The lowest BCUT2D eigenvalue weighted by atomic mass is 9.87. The van der Waals surface area contributed by atoms with Crippen molar-refractivity contribution in [2.75, 3.05) is 18.4 Å². The van der Waals surface area contributed by atoms with Crippen molar-refractivity contribution in [2.45, 2.75) is 43.9 Å². The van der Waals surface area contributed by atoms with Crippen molar-refractivity contribution in [1.29, 1.82) is 0 Å². The van der Waals surface area contributed by atoms with Crippen molar-refractivity contribution >= 4 is 32.5 Å². The van der Waals surface area contributed by atoms with Crippen LogP contribution in [-0.4, -0.2) is 41.8 Å². The fraction of sp³-hybridized carbons (Fsp3) is 0.375. The van der Waals surface area contributed by atoms with Crippen LogP contribution < -0.4 is 5.32 Å². The molecule has 0 radical (unpaired) electrons. The number of anilines is 1. The number of aryl methyl sites for hydroxylation is 1. The number of H-pyrrole nitrogens is 1. The summed E-state index contributed by atoms with van der Waals surface area (Å²) >= 11 is 0. The molecule has 1 fully saturated rings. The Kier molecular flexibility index (Phi) is 5.22. The number of amides is 1. The summed E-state index contributed by atoms with van der Waals surface area (Å²) in [5.74, 6) is 0.0370. The van der Waals surface area contributed by atoms with Crippen LogP contribution in [0.5, 0.6) is 5.75 Å². The molecule has 1 amide bonds. The lowest BCUT2D eigenvalue weighted by Crippen LogP contribution is -2.28. The molecule has 1 aliphatic heterocycles. The van der Waals surface area contributed by atoms with E-state index < -0.39 is 15.9 Å². The number of nitrogens with zero attached hydrogens (tertiary/aromatic N) is 1. The fourth-order valence-electron chi connectivity index (χ4n) is 4.85. The number of phenols is 1. The third-order valence-electron chi connectivity index (χ3n) is 6.63. The van der Waals surface area contributed by atoms with E-state index in [-0.39, 0.29) is 16.3 Å². The highest BCUT2D eigenvalue weighted by Gasteiger charge is 2.28. The van der Waals surface area contributed by atoms with Gasteiger partial charge in [-0.3, -0.25) is 4.79 Å². The molecule has 2 aromatic carbocycles. The number of nitrogens with one attached hydrogen (secondary N) is 2. The molecule has 168 valence electrons. The van der Waals surface area contributed by atoms with Crippen molar-refractivity contribution in [3.05, 3.63) is 53.2 Å². The normalized spacial score (nSPS) is 19.2. The zero-order valence-corrected chi connectivity index (χ0v) is 18.8. The Morgan fingerprint density at radius 2 is 1.97 bits per heavy atom. The summed E-state index contributed by atoms with van der Waals surface area (Å²) in [7, 11) is -3.66. The number of carbonyl (C=O) groups is 1. The van der Waals surface area contributed by atoms with Gasteiger partial charge in [-0.25, -0.2) is 8.42 Å². The van der Waals surface area contributed by atoms with E-state index in [0.29, 0.717) is 24.6 Å². The van der Waals surface area contributed by atoms with E-state index in [4.69, 9.17) is 0 Å². The number of rotatable bonds is 4. The van der Waals surface area contributed by atoms with Crippen LogP contribution in [0.2, 0.25) is 0 Å². The molecule has 1 saturated heterocycles. The number of phenolic OH excluding ortho intramolecular Hbond substituents is 1. The van der Waals surface area contributed by atoms with E-state index in [1.54, 1.807) is 6.07 Å². The van der Waals surface area contributed by atoms with Crippen molar-refractivity contribution in [2.24, 2.45) is 5.92 Å². The summed E-state index contributed by atoms with van der Waals surface area (Å²) in [6.45, 7) is 3.22. The van der Waals surface area contributed by atoms with Crippen LogP contribution >= 0.6 is 0 Å². The summed E-state index contributed by atoms with van der Waals surface area (Å²) in [6, 6.07) is 9.65. The molecule has 3 aromatic rings. The average molecular weight is 454 g/mol. The number of aromatic hydroxyl groups is 1. The predicted octanol–water partition coefficient (Wildman–Crippen LogP) is 4.04. The molecule has 1 aliphatic carbocycles. The largest absolute Gasteiger partial charge is 0.506 e. The second kappa shape index (κ2) is 7.94. The number of sulfonamides is 1. The number of para-hydroxylation sites is 1. The zero-order valence-electron chi connectivity index (χ0n) is 18.0. The maximum absolute atomic E-state index is 13.2. The standard InChI is InChI=1S/C24H27N3O4S/c1-15-7-9-20-19(13-15)17-5-4-6-18(23(17)25-20)24(29)26-21-14-16(8-10-22(21)28)32(30,31)27-11-2-3-12-27/h4-6,8,10,14-15,25,28H,2-3,7,9,11-13H2,1H3,(H,26,29). The SMILES string of the molecule is CC1CCc2[nH]c3c(C(=O)Nc4cc(S(=O)(=O)N5CCCC5)ccc4O)cccc3c2C1.